The molecule has 3 aliphatic carbocycles. The molecule has 4 atom stereocenters. The summed E-state index contributed by atoms with van der Waals surface area (Å²) < 4.78 is 6.03. The van der Waals surface area contributed by atoms with Gasteiger partial charge in [-0.3, -0.25) is 9.79 Å². The average Bonchev–Trinajstić information content (AvgIpc) is 3.19. The first-order valence-corrected chi connectivity index (χ1v) is 10.8. The van der Waals surface area contributed by atoms with E-state index in [1.54, 1.807) is 4.90 Å². The maximum atomic E-state index is 12.3. The van der Waals surface area contributed by atoms with Gasteiger partial charge in [-0.1, -0.05) is 19.3 Å². The Balaban J connectivity index is 1.56. The fourth-order valence-electron chi connectivity index (χ4n) is 5.53. The van der Waals surface area contributed by atoms with E-state index < -0.39 is 0 Å². The molecule has 0 aromatic heterocycles. The normalized spacial score (nSPS) is 32.8. The van der Waals surface area contributed by atoms with Crippen LogP contribution in [0.25, 0.3) is 0 Å². The van der Waals surface area contributed by atoms with Crippen LogP contribution in [-0.4, -0.2) is 62.7 Å². The molecule has 6 nitrogen and oxygen atoms in total. The third kappa shape index (κ3) is 4.25. The summed E-state index contributed by atoms with van der Waals surface area (Å²) in [6.45, 7) is 2.90. The number of ether oxygens (including phenoxy) is 1. The zero-order valence-electron chi connectivity index (χ0n) is 17.6. The largest absolute Gasteiger partial charge is 0.378 e. The molecule has 0 aromatic carbocycles. The highest BCUT2D eigenvalue weighted by Crippen LogP contribution is 2.54. The second-order valence-electron chi connectivity index (χ2n) is 8.83. The van der Waals surface area contributed by atoms with Crippen molar-refractivity contribution in [2.75, 3.05) is 27.7 Å². The fraction of sp³-hybridized carbons (Fsp3) is 0.905. The predicted octanol–water partition coefficient (Wildman–Crippen LogP) is 2.54. The summed E-state index contributed by atoms with van der Waals surface area (Å²) in [6.07, 6.45) is 10.7. The van der Waals surface area contributed by atoms with E-state index >= 15 is 0 Å². The number of hydrogen-bond acceptors (Lipinski definition) is 3. The number of aliphatic imine (C=N–C) groups is 1. The van der Waals surface area contributed by atoms with Gasteiger partial charge in [-0.25, -0.2) is 0 Å². The molecule has 0 aromatic rings. The van der Waals surface area contributed by atoms with Crippen molar-refractivity contribution < 1.29 is 9.53 Å². The molecule has 2 N–H and O–H groups in total. The molecule has 154 valence electrons. The van der Waals surface area contributed by atoms with Crippen molar-refractivity contribution in [3.63, 3.8) is 0 Å². The van der Waals surface area contributed by atoms with Crippen LogP contribution in [0.3, 0.4) is 0 Å². The third-order valence-corrected chi connectivity index (χ3v) is 7.03. The molecule has 3 aliphatic rings. The summed E-state index contributed by atoms with van der Waals surface area (Å²) in [7, 11) is 5.55. The molecule has 3 fully saturated rings. The lowest BCUT2D eigenvalue weighted by Gasteiger charge is -2.54. The van der Waals surface area contributed by atoms with Crippen LogP contribution < -0.4 is 10.6 Å². The minimum Gasteiger partial charge on any atom is -0.378 e. The van der Waals surface area contributed by atoms with Crippen LogP contribution in [0.2, 0.25) is 0 Å². The van der Waals surface area contributed by atoms with Crippen molar-refractivity contribution in [1.29, 1.82) is 0 Å². The van der Waals surface area contributed by atoms with Gasteiger partial charge in [0, 0.05) is 51.2 Å². The van der Waals surface area contributed by atoms with Crippen molar-refractivity contribution in [3.8, 4) is 0 Å². The number of nitrogens with zero attached hydrogens (tertiary/aromatic N) is 2. The van der Waals surface area contributed by atoms with E-state index in [0.717, 1.165) is 44.7 Å². The van der Waals surface area contributed by atoms with Gasteiger partial charge in [-0.15, -0.1) is 0 Å². The van der Waals surface area contributed by atoms with E-state index in [4.69, 9.17) is 4.74 Å². The third-order valence-electron chi connectivity index (χ3n) is 7.03. The van der Waals surface area contributed by atoms with Gasteiger partial charge in [0.1, 0.15) is 0 Å². The molecule has 27 heavy (non-hydrogen) atoms. The number of hydrogen-bond donors (Lipinski definition) is 2. The maximum absolute atomic E-state index is 12.3. The second kappa shape index (κ2) is 8.80. The predicted molar refractivity (Wildman–Crippen MR) is 109 cm³/mol. The molecule has 0 heterocycles. The van der Waals surface area contributed by atoms with Gasteiger partial charge in [0.15, 0.2) is 5.96 Å². The van der Waals surface area contributed by atoms with E-state index in [2.05, 4.69) is 22.5 Å². The fourth-order valence-corrected chi connectivity index (χ4v) is 5.53. The second-order valence-corrected chi connectivity index (χ2v) is 8.83. The molecule has 0 bridgehead atoms. The quantitative estimate of drug-likeness (QED) is 0.570. The van der Waals surface area contributed by atoms with Crippen molar-refractivity contribution in [1.82, 2.24) is 15.5 Å². The van der Waals surface area contributed by atoms with E-state index in [1.165, 1.54) is 25.7 Å². The zero-order valence-corrected chi connectivity index (χ0v) is 17.6. The molecule has 0 radical (unpaired) electrons. The van der Waals surface area contributed by atoms with Crippen LogP contribution in [0.5, 0.6) is 0 Å². The lowest BCUT2D eigenvalue weighted by molar-refractivity contribution is -0.134. The van der Waals surface area contributed by atoms with Gasteiger partial charge in [-0.2, -0.15) is 0 Å². The van der Waals surface area contributed by atoms with Crippen molar-refractivity contribution in [2.24, 2.45) is 16.3 Å². The first-order chi connectivity index (χ1) is 13.0. The molecule has 3 saturated carbocycles. The summed E-state index contributed by atoms with van der Waals surface area (Å²) in [4.78, 5) is 18.6. The Bertz CT molecular complexity index is 542. The van der Waals surface area contributed by atoms with Crippen molar-refractivity contribution in [3.05, 3.63) is 0 Å². The monoisotopic (exact) mass is 378 g/mol. The summed E-state index contributed by atoms with van der Waals surface area (Å²) in [5.74, 6) is 1.29. The highest BCUT2D eigenvalue weighted by atomic mass is 16.5. The average molecular weight is 379 g/mol. The molecule has 0 aliphatic heterocycles. The van der Waals surface area contributed by atoms with Gasteiger partial charge in [0.25, 0.3) is 0 Å². The number of guanidine groups is 1. The van der Waals surface area contributed by atoms with Crippen LogP contribution in [0, 0.1) is 11.3 Å². The van der Waals surface area contributed by atoms with Crippen LogP contribution in [0.15, 0.2) is 4.99 Å². The molecule has 3 rings (SSSR count). The highest BCUT2D eigenvalue weighted by Gasteiger charge is 2.57. The van der Waals surface area contributed by atoms with E-state index in [-0.39, 0.29) is 11.8 Å². The summed E-state index contributed by atoms with van der Waals surface area (Å²) in [5, 5.41) is 7.31. The molecular weight excluding hydrogens is 340 g/mol. The first kappa shape index (κ1) is 20.4. The number of carbonyl (C=O) groups is 1. The van der Waals surface area contributed by atoms with Crippen LogP contribution in [0.4, 0.5) is 0 Å². The van der Waals surface area contributed by atoms with Crippen molar-refractivity contribution in [2.45, 2.75) is 82.9 Å². The Morgan fingerprint density at radius 2 is 1.89 bits per heavy atom. The highest BCUT2D eigenvalue weighted by molar-refractivity contribution is 5.81. The number of carbonyl (C=O) groups excluding carboxylic acids is 1. The van der Waals surface area contributed by atoms with Crippen LogP contribution >= 0.6 is 0 Å². The lowest BCUT2D eigenvalue weighted by Crippen LogP contribution is -2.65. The Hall–Kier alpha value is -1.30. The van der Waals surface area contributed by atoms with E-state index in [0.29, 0.717) is 23.6 Å². The van der Waals surface area contributed by atoms with Gasteiger partial charge in [0.05, 0.1) is 6.10 Å². The van der Waals surface area contributed by atoms with Gasteiger partial charge >= 0.3 is 0 Å². The topological polar surface area (TPSA) is 66.0 Å². The van der Waals surface area contributed by atoms with E-state index in [1.807, 2.05) is 21.1 Å². The minimum absolute atomic E-state index is 0.136. The standard InChI is InChI=1S/C21H38N4O2/c1-5-27-18-14-17(21(18)11-6-7-12-21)24-20(22-2)23-16-10-8-9-15(13-16)19(26)25(3)4/h15-18H,5-14H2,1-4H3,(H2,22,23,24). The summed E-state index contributed by atoms with van der Waals surface area (Å²) in [6, 6.07) is 0.770. The molecule has 1 amide bonds. The molecule has 1 spiro atoms. The summed E-state index contributed by atoms with van der Waals surface area (Å²) in [5.41, 5.74) is 0.295. The summed E-state index contributed by atoms with van der Waals surface area (Å²) >= 11 is 0. The Morgan fingerprint density at radius 1 is 1.15 bits per heavy atom. The molecule has 4 unspecified atom stereocenters. The smallest absolute Gasteiger partial charge is 0.225 e. The van der Waals surface area contributed by atoms with Crippen LogP contribution in [0.1, 0.15) is 64.7 Å². The molecule has 6 heteroatoms. The van der Waals surface area contributed by atoms with Gasteiger partial charge in [-0.05, 0) is 45.4 Å². The Kier molecular flexibility index (Phi) is 6.66. The van der Waals surface area contributed by atoms with Gasteiger partial charge in [0.2, 0.25) is 5.91 Å². The van der Waals surface area contributed by atoms with E-state index in [9.17, 15) is 4.79 Å². The maximum Gasteiger partial charge on any atom is 0.225 e. The number of amides is 1. The first-order valence-electron chi connectivity index (χ1n) is 10.8. The van der Waals surface area contributed by atoms with Crippen LogP contribution in [-0.2, 0) is 9.53 Å². The zero-order chi connectivity index (χ0) is 19.4. The molecule has 0 saturated heterocycles. The number of rotatable bonds is 5. The number of nitrogens with one attached hydrogen (secondary N) is 2. The Morgan fingerprint density at radius 3 is 2.52 bits per heavy atom. The van der Waals surface area contributed by atoms with Gasteiger partial charge < -0.3 is 20.3 Å². The SMILES string of the molecule is CCOC1CC(NC(=NC)NC2CCCC(C(=O)N(C)C)C2)C12CCCC2. The van der Waals surface area contributed by atoms with Crippen molar-refractivity contribution >= 4 is 11.9 Å². The lowest BCUT2D eigenvalue weighted by atomic mass is 9.60. The Labute approximate surface area is 164 Å². The molecular formula is C21H38N4O2. The minimum atomic E-state index is 0.136.